The van der Waals surface area contributed by atoms with E-state index in [1.165, 1.54) is 11.8 Å². The number of thioether (sulfide) groups is 1. The van der Waals surface area contributed by atoms with Crippen LogP contribution in [0.1, 0.15) is 12.5 Å². The number of rotatable bonds is 3. The summed E-state index contributed by atoms with van der Waals surface area (Å²) in [6, 6.07) is 7.90. The molecule has 1 rings (SSSR count). The van der Waals surface area contributed by atoms with E-state index in [0.29, 0.717) is 0 Å². The number of hydrogen-bond acceptors (Lipinski definition) is 2. The second-order valence-electron chi connectivity index (χ2n) is 2.69. The van der Waals surface area contributed by atoms with Gasteiger partial charge in [-0.15, -0.1) is 6.58 Å². The molecule has 0 unspecified atom stereocenters. The van der Waals surface area contributed by atoms with Crippen molar-refractivity contribution >= 4 is 16.9 Å². The normalized spacial score (nSPS) is 9.62. The second kappa shape index (κ2) is 4.87. The molecule has 0 spiro atoms. The molecular formula is C11H12OS. The molecule has 0 aliphatic carbocycles. The van der Waals surface area contributed by atoms with Gasteiger partial charge >= 0.3 is 0 Å². The van der Waals surface area contributed by atoms with Crippen molar-refractivity contribution in [2.24, 2.45) is 0 Å². The zero-order valence-electron chi connectivity index (χ0n) is 7.62. The molecule has 1 nitrogen and oxygen atoms in total. The Morgan fingerprint density at radius 2 is 2.23 bits per heavy atom. The summed E-state index contributed by atoms with van der Waals surface area (Å²) in [7, 11) is 0. The van der Waals surface area contributed by atoms with Crippen LogP contribution in [0.5, 0.6) is 0 Å². The van der Waals surface area contributed by atoms with E-state index in [-0.39, 0.29) is 5.12 Å². The van der Waals surface area contributed by atoms with Crippen LogP contribution < -0.4 is 0 Å². The Morgan fingerprint density at radius 3 is 2.85 bits per heavy atom. The van der Waals surface area contributed by atoms with Crippen molar-refractivity contribution in [3.05, 3.63) is 42.5 Å². The summed E-state index contributed by atoms with van der Waals surface area (Å²) in [5.41, 5.74) is 1.16. The first kappa shape index (κ1) is 10.1. The smallest absolute Gasteiger partial charge is 0.190 e. The molecular weight excluding hydrogens is 180 g/mol. The highest BCUT2D eigenvalue weighted by atomic mass is 32.2. The van der Waals surface area contributed by atoms with Crippen LogP contribution in [0.3, 0.4) is 0 Å². The molecule has 0 aliphatic heterocycles. The van der Waals surface area contributed by atoms with Gasteiger partial charge < -0.3 is 0 Å². The molecule has 0 bridgehead atoms. The molecule has 0 radical (unpaired) electrons. The van der Waals surface area contributed by atoms with E-state index < -0.39 is 0 Å². The highest BCUT2D eigenvalue weighted by molar-refractivity contribution is 8.13. The molecule has 2 heteroatoms. The fraction of sp³-hybridized carbons (Fsp3) is 0.182. The first-order valence-corrected chi connectivity index (χ1v) is 4.93. The van der Waals surface area contributed by atoms with Gasteiger partial charge in [0.15, 0.2) is 5.12 Å². The quantitative estimate of drug-likeness (QED) is 0.541. The van der Waals surface area contributed by atoms with Crippen molar-refractivity contribution in [3.8, 4) is 0 Å². The first-order chi connectivity index (χ1) is 6.24. The Bertz CT molecular complexity index is 318. The molecule has 0 fully saturated rings. The van der Waals surface area contributed by atoms with E-state index in [0.717, 1.165) is 16.9 Å². The minimum absolute atomic E-state index is 0.122. The third-order valence-electron chi connectivity index (χ3n) is 1.59. The first-order valence-electron chi connectivity index (χ1n) is 4.11. The minimum Gasteiger partial charge on any atom is -0.287 e. The summed E-state index contributed by atoms with van der Waals surface area (Å²) >= 11 is 1.28. The van der Waals surface area contributed by atoms with Crippen LogP contribution in [0.25, 0.3) is 0 Å². The topological polar surface area (TPSA) is 17.1 Å². The van der Waals surface area contributed by atoms with Crippen LogP contribution in [0.2, 0.25) is 0 Å². The second-order valence-corrected chi connectivity index (χ2v) is 3.91. The fourth-order valence-corrected chi connectivity index (χ4v) is 1.82. The highest BCUT2D eigenvalue weighted by Gasteiger charge is 2.02. The van der Waals surface area contributed by atoms with E-state index in [1.807, 2.05) is 30.3 Å². The Labute approximate surface area is 82.9 Å². The van der Waals surface area contributed by atoms with Crippen LogP contribution in [0.15, 0.2) is 41.8 Å². The van der Waals surface area contributed by atoms with Crippen molar-refractivity contribution in [2.45, 2.75) is 18.2 Å². The van der Waals surface area contributed by atoms with Gasteiger partial charge in [-0.05, 0) is 18.1 Å². The maximum atomic E-state index is 10.9. The molecule has 1 aromatic carbocycles. The molecule has 0 amide bonds. The lowest BCUT2D eigenvalue weighted by Crippen LogP contribution is -1.88. The number of benzene rings is 1. The summed E-state index contributed by atoms with van der Waals surface area (Å²) in [6.07, 6.45) is 2.66. The predicted molar refractivity (Wildman–Crippen MR) is 56.9 cm³/mol. The summed E-state index contributed by atoms with van der Waals surface area (Å²) in [5.74, 6) is 0. The summed E-state index contributed by atoms with van der Waals surface area (Å²) in [5, 5.41) is 0.122. The van der Waals surface area contributed by atoms with Crippen molar-refractivity contribution < 1.29 is 4.79 Å². The van der Waals surface area contributed by atoms with E-state index in [4.69, 9.17) is 0 Å². The maximum Gasteiger partial charge on any atom is 0.190 e. The van der Waals surface area contributed by atoms with Gasteiger partial charge in [0, 0.05) is 11.8 Å². The van der Waals surface area contributed by atoms with E-state index in [1.54, 1.807) is 6.92 Å². The molecule has 0 saturated heterocycles. The lowest BCUT2D eigenvalue weighted by atomic mass is 10.1. The van der Waals surface area contributed by atoms with Gasteiger partial charge in [-0.2, -0.15) is 0 Å². The Hall–Kier alpha value is -1.02. The standard InChI is InChI=1S/C11H12OS/c1-3-6-10-7-4-5-8-11(10)13-9(2)12/h3-5,7-8H,1,6H2,2H3. The average molecular weight is 192 g/mol. The molecule has 0 heterocycles. The Morgan fingerprint density at radius 1 is 1.54 bits per heavy atom. The maximum absolute atomic E-state index is 10.9. The summed E-state index contributed by atoms with van der Waals surface area (Å²) < 4.78 is 0. The van der Waals surface area contributed by atoms with E-state index in [2.05, 4.69) is 6.58 Å². The van der Waals surface area contributed by atoms with E-state index in [9.17, 15) is 4.79 Å². The number of carbonyl (C=O) groups excluding carboxylic acids is 1. The van der Waals surface area contributed by atoms with Crippen molar-refractivity contribution in [3.63, 3.8) is 0 Å². The van der Waals surface area contributed by atoms with Gasteiger partial charge in [-0.3, -0.25) is 4.79 Å². The third kappa shape index (κ3) is 3.07. The highest BCUT2D eigenvalue weighted by Crippen LogP contribution is 2.23. The van der Waals surface area contributed by atoms with Gasteiger partial charge in [-0.1, -0.05) is 36.0 Å². The lowest BCUT2D eigenvalue weighted by molar-refractivity contribution is -0.109. The molecule has 0 atom stereocenters. The predicted octanol–water partition coefficient (Wildman–Crippen LogP) is 3.05. The van der Waals surface area contributed by atoms with Crippen LogP contribution in [-0.2, 0) is 11.2 Å². The van der Waals surface area contributed by atoms with Crippen LogP contribution >= 0.6 is 11.8 Å². The Kier molecular flexibility index (Phi) is 3.77. The molecule has 0 aromatic heterocycles. The molecule has 0 saturated carbocycles. The zero-order valence-corrected chi connectivity index (χ0v) is 8.43. The van der Waals surface area contributed by atoms with Crippen molar-refractivity contribution in [2.75, 3.05) is 0 Å². The van der Waals surface area contributed by atoms with Crippen LogP contribution in [-0.4, -0.2) is 5.12 Å². The third-order valence-corrected chi connectivity index (χ3v) is 2.50. The van der Waals surface area contributed by atoms with Gasteiger partial charge in [0.05, 0.1) is 0 Å². The molecule has 0 N–H and O–H groups in total. The van der Waals surface area contributed by atoms with E-state index >= 15 is 0 Å². The molecule has 68 valence electrons. The Balaban J connectivity index is 2.90. The van der Waals surface area contributed by atoms with Crippen molar-refractivity contribution in [1.29, 1.82) is 0 Å². The zero-order chi connectivity index (χ0) is 9.68. The summed E-state index contributed by atoms with van der Waals surface area (Å²) in [4.78, 5) is 11.9. The largest absolute Gasteiger partial charge is 0.287 e. The average Bonchev–Trinajstić information content (AvgIpc) is 2.08. The number of carbonyl (C=O) groups is 1. The van der Waals surface area contributed by atoms with Gasteiger partial charge in [0.1, 0.15) is 0 Å². The number of hydrogen-bond donors (Lipinski definition) is 0. The van der Waals surface area contributed by atoms with Gasteiger partial charge in [0.2, 0.25) is 0 Å². The molecule has 1 aromatic rings. The SMILES string of the molecule is C=CCc1ccccc1SC(C)=O. The molecule has 13 heavy (non-hydrogen) atoms. The monoisotopic (exact) mass is 192 g/mol. The van der Waals surface area contributed by atoms with Gasteiger partial charge in [-0.25, -0.2) is 0 Å². The lowest BCUT2D eigenvalue weighted by Gasteiger charge is -2.03. The van der Waals surface area contributed by atoms with Gasteiger partial charge in [0.25, 0.3) is 0 Å². The van der Waals surface area contributed by atoms with Crippen LogP contribution in [0.4, 0.5) is 0 Å². The number of allylic oxidation sites excluding steroid dienone is 1. The minimum atomic E-state index is 0.122. The summed E-state index contributed by atoms with van der Waals surface area (Å²) in [6.45, 7) is 5.26. The van der Waals surface area contributed by atoms with Crippen LogP contribution in [0, 0.1) is 0 Å². The fourth-order valence-electron chi connectivity index (χ4n) is 1.08. The molecule has 0 aliphatic rings. The van der Waals surface area contributed by atoms with Crippen molar-refractivity contribution in [1.82, 2.24) is 0 Å².